The van der Waals surface area contributed by atoms with E-state index < -0.39 is 0 Å². The van der Waals surface area contributed by atoms with Crippen LogP contribution in [0.25, 0.3) is 0 Å². The summed E-state index contributed by atoms with van der Waals surface area (Å²) in [6, 6.07) is 6.77. The Balaban J connectivity index is 0.000000160. The van der Waals surface area contributed by atoms with Crippen LogP contribution in [0, 0.1) is 16.4 Å². The van der Waals surface area contributed by atoms with Gasteiger partial charge >= 0.3 is 0 Å². The van der Waals surface area contributed by atoms with E-state index in [1.807, 2.05) is 0 Å². The predicted molar refractivity (Wildman–Crippen MR) is 85.8 cm³/mol. The molecule has 0 amide bonds. The molecule has 112 valence electrons. The maximum Gasteiger partial charge on any atom is 0.0494 e. The molecule has 0 N–H and O–H groups in total. The maximum atomic E-state index is 5.27. The lowest BCUT2D eigenvalue weighted by Crippen LogP contribution is -2.15. The summed E-state index contributed by atoms with van der Waals surface area (Å²) in [5.74, 6) is 0.865. The highest BCUT2D eigenvalue weighted by Crippen LogP contribution is 2.18. The van der Waals surface area contributed by atoms with Crippen LogP contribution in [-0.2, 0) is 11.2 Å². The number of benzene rings is 1. The van der Waals surface area contributed by atoms with Crippen LogP contribution in [0.4, 0.5) is 0 Å². The second kappa shape index (κ2) is 8.46. The molecule has 3 rings (SSSR count). The van der Waals surface area contributed by atoms with E-state index in [9.17, 15) is 0 Å². The minimum atomic E-state index is 0.865. The van der Waals surface area contributed by atoms with E-state index in [2.05, 4.69) is 32.0 Å². The summed E-state index contributed by atoms with van der Waals surface area (Å²) < 4.78 is 5.27. The quantitative estimate of drug-likeness (QED) is 0.655. The lowest BCUT2D eigenvalue weighted by atomic mass is 9.95. The van der Waals surface area contributed by atoms with Crippen LogP contribution in [0.15, 0.2) is 18.2 Å². The minimum Gasteiger partial charge on any atom is -0.381 e. The first kappa shape index (κ1) is 15.6. The smallest absolute Gasteiger partial charge is 0.0494 e. The molecule has 3 aliphatic rings. The van der Waals surface area contributed by atoms with Crippen molar-refractivity contribution < 1.29 is 4.74 Å². The average molecular weight is 274 g/mol. The van der Waals surface area contributed by atoms with Crippen molar-refractivity contribution in [1.29, 1.82) is 0 Å². The maximum absolute atomic E-state index is 5.27. The fraction of sp³-hybridized carbons (Fsp3) is 0.684. The molecular formula is C19H30O. The van der Waals surface area contributed by atoms with Crippen LogP contribution in [0.2, 0.25) is 0 Å². The third kappa shape index (κ3) is 4.34. The number of ether oxygens (including phenoxy) is 1. The van der Waals surface area contributed by atoms with E-state index in [4.69, 9.17) is 4.74 Å². The van der Waals surface area contributed by atoms with Crippen molar-refractivity contribution in [3.63, 3.8) is 0 Å². The van der Waals surface area contributed by atoms with E-state index >= 15 is 0 Å². The molecule has 20 heavy (non-hydrogen) atoms. The highest BCUT2D eigenvalue weighted by Gasteiger charge is 2.10. The standard InChI is InChI=1S/C12H16.C7H14O/c1-2-3-4-5-6-10-9-11-7-8-12(10)11;1-2-7-4-3-5-8-6-7/h7-9H,2-6H2,1H3;7H,2-6H2,1H3. The topological polar surface area (TPSA) is 9.23 Å². The molecule has 0 aromatic rings. The van der Waals surface area contributed by atoms with Gasteiger partial charge in [-0.2, -0.15) is 0 Å². The Bertz CT molecular complexity index is 471. The largest absolute Gasteiger partial charge is 0.381 e. The molecule has 0 bridgehead atoms. The SMILES string of the molecule is CCC1CCCOC1.CCCCCCc1cc2ccc1=2. The third-order valence-electron chi connectivity index (χ3n) is 4.55. The van der Waals surface area contributed by atoms with E-state index in [-0.39, 0.29) is 0 Å². The Morgan fingerprint density at radius 2 is 2.05 bits per heavy atom. The van der Waals surface area contributed by atoms with Crippen LogP contribution in [0.5, 0.6) is 0 Å². The fourth-order valence-corrected chi connectivity index (χ4v) is 2.95. The monoisotopic (exact) mass is 274 g/mol. The van der Waals surface area contributed by atoms with Gasteiger partial charge in [0.05, 0.1) is 0 Å². The molecule has 1 unspecified atom stereocenters. The summed E-state index contributed by atoms with van der Waals surface area (Å²) in [5.41, 5.74) is 1.60. The summed E-state index contributed by atoms with van der Waals surface area (Å²) in [4.78, 5) is 0. The van der Waals surface area contributed by atoms with E-state index in [0.717, 1.165) is 19.1 Å². The Morgan fingerprint density at radius 3 is 2.50 bits per heavy atom. The molecule has 1 nitrogen and oxygen atoms in total. The Kier molecular flexibility index (Phi) is 6.59. The highest BCUT2D eigenvalue weighted by molar-refractivity contribution is 5.33. The van der Waals surface area contributed by atoms with Crippen LogP contribution in [0.1, 0.15) is 64.4 Å². The normalized spacial score (nSPS) is 19.2. The zero-order chi connectivity index (χ0) is 14.2. The van der Waals surface area contributed by atoms with Gasteiger partial charge in [0.1, 0.15) is 0 Å². The summed E-state index contributed by atoms with van der Waals surface area (Å²) in [6.07, 6.45) is 10.8. The van der Waals surface area contributed by atoms with Crippen molar-refractivity contribution in [2.75, 3.05) is 13.2 Å². The van der Waals surface area contributed by atoms with Gasteiger partial charge in [0, 0.05) is 13.2 Å². The van der Waals surface area contributed by atoms with Crippen LogP contribution >= 0.6 is 0 Å². The molecule has 1 heterocycles. The molecule has 1 saturated heterocycles. The van der Waals surface area contributed by atoms with Gasteiger partial charge in [0.15, 0.2) is 0 Å². The molecule has 2 aliphatic carbocycles. The molecule has 1 atom stereocenters. The third-order valence-corrected chi connectivity index (χ3v) is 4.55. The van der Waals surface area contributed by atoms with E-state index in [0.29, 0.717) is 0 Å². The number of rotatable bonds is 6. The van der Waals surface area contributed by atoms with E-state index in [1.54, 1.807) is 10.8 Å². The van der Waals surface area contributed by atoms with Crippen molar-refractivity contribution >= 4 is 0 Å². The number of hydrogen-bond acceptors (Lipinski definition) is 1. The second-order valence-corrected chi connectivity index (χ2v) is 6.17. The average Bonchev–Trinajstić information content (AvgIpc) is 2.49. The van der Waals surface area contributed by atoms with Gasteiger partial charge in [0.25, 0.3) is 0 Å². The molecule has 0 aromatic carbocycles. The number of hydrogen-bond donors (Lipinski definition) is 0. The zero-order valence-corrected chi connectivity index (χ0v) is 13.3. The lowest BCUT2D eigenvalue weighted by molar-refractivity contribution is 0.0535. The minimum absolute atomic E-state index is 0.865. The molecule has 0 aromatic heterocycles. The zero-order valence-electron chi connectivity index (χ0n) is 13.3. The summed E-state index contributed by atoms with van der Waals surface area (Å²) in [5, 5.41) is 3.03. The first-order valence-corrected chi connectivity index (χ1v) is 8.56. The molecule has 0 saturated carbocycles. The van der Waals surface area contributed by atoms with Crippen molar-refractivity contribution in [1.82, 2.24) is 0 Å². The van der Waals surface area contributed by atoms with Gasteiger partial charge in [-0.25, -0.2) is 0 Å². The van der Waals surface area contributed by atoms with Crippen molar-refractivity contribution in [2.24, 2.45) is 5.92 Å². The van der Waals surface area contributed by atoms with Gasteiger partial charge in [-0.3, -0.25) is 0 Å². The Labute approximate surface area is 124 Å². The van der Waals surface area contributed by atoms with Crippen molar-refractivity contribution in [3.05, 3.63) is 34.2 Å². The second-order valence-electron chi connectivity index (χ2n) is 6.17. The number of aryl methyl sites for hydroxylation is 1. The van der Waals surface area contributed by atoms with Gasteiger partial charge in [-0.1, -0.05) is 57.7 Å². The molecule has 0 radical (unpaired) electrons. The molecule has 1 heteroatoms. The Morgan fingerprint density at radius 1 is 1.15 bits per heavy atom. The summed E-state index contributed by atoms with van der Waals surface area (Å²) >= 11 is 0. The van der Waals surface area contributed by atoms with E-state index in [1.165, 1.54) is 56.6 Å². The molecular weight excluding hydrogens is 244 g/mol. The summed E-state index contributed by atoms with van der Waals surface area (Å²) in [6.45, 7) is 6.50. The lowest BCUT2D eigenvalue weighted by Gasteiger charge is -2.19. The van der Waals surface area contributed by atoms with Crippen molar-refractivity contribution in [3.8, 4) is 0 Å². The van der Waals surface area contributed by atoms with Crippen molar-refractivity contribution in [2.45, 2.75) is 65.2 Å². The highest BCUT2D eigenvalue weighted by atomic mass is 16.5. The van der Waals surface area contributed by atoms with Crippen LogP contribution < -0.4 is 0 Å². The Hall–Kier alpha value is -0.820. The van der Waals surface area contributed by atoms with Gasteiger partial charge < -0.3 is 4.74 Å². The van der Waals surface area contributed by atoms with Crippen LogP contribution in [0.3, 0.4) is 0 Å². The molecule has 0 spiro atoms. The van der Waals surface area contributed by atoms with Gasteiger partial charge in [-0.15, -0.1) is 0 Å². The summed E-state index contributed by atoms with van der Waals surface area (Å²) in [7, 11) is 0. The van der Waals surface area contributed by atoms with Crippen LogP contribution in [-0.4, -0.2) is 13.2 Å². The molecule has 1 fully saturated rings. The van der Waals surface area contributed by atoms with Gasteiger partial charge in [-0.05, 0) is 47.6 Å². The first-order chi connectivity index (χ1) is 9.85. The fourth-order valence-electron chi connectivity index (χ4n) is 2.95. The predicted octanol–water partition coefficient (Wildman–Crippen LogP) is 5.23. The first-order valence-electron chi connectivity index (χ1n) is 8.56. The van der Waals surface area contributed by atoms with Gasteiger partial charge in [0.2, 0.25) is 0 Å². The molecule has 1 aliphatic heterocycles. The number of unbranched alkanes of at least 4 members (excludes halogenated alkanes) is 3.